The van der Waals surface area contributed by atoms with Crippen LogP contribution in [0.15, 0.2) is 61.4 Å². The summed E-state index contributed by atoms with van der Waals surface area (Å²) in [6, 6.07) is 11.1. The number of rotatable bonds is 9. The zero-order chi connectivity index (χ0) is 30.8. The molecule has 13 nitrogen and oxygen atoms in total. The molecule has 0 unspecified atom stereocenters. The van der Waals surface area contributed by atoms with Gasteiger partial charge in [0.2, 0.25) is 0 Å². The topological polar surface area (TPSA) is 159 Å². The van der Waals surface area contributed by atoms with E-state index in [1.807, 2.05) is 28.9 Å². The van der Waals surface area contributed by atoms with Crippen molar-refractivity contribution < 1.29 is 18.7 Å². The van der Waals surface area contributed by atoms with Gasteiger partial charge in [-0.25, -0.2) is 28.8 Å². The molecule has 1 saturated carbocycles. The van der Waals surface area contributed by atoms with Crippen LogP contribution in [-0.2, 0) is 12.1 Å². The van der Waals surface area contributed by atoms with Gasteiger partial charge in [0.15, 0.2) is 5.65 Å². The Hall–Kier alpha value is -5.40. The lowest BCUT2D eigenvalue weighted by molar-refractivity contribution is 0.0947. The molecule has 3 heterocycles. The van der Waals surface area contributed by atoms with Gasteiger partial charge in [-0.05, 0) is 49.4 Å². The van der Waals surface area contributed by atoms with Gasteiger partial charge in [-0.2, -0.15) is 14.9 Å². The predicted molar refractivity (Wildman–Crippen MR) is 159 cm³/mol. The largest absolute Gasteiger partial charge is 0.496 e. The molecule has 1 aliphatic rings. The number of hydrogen-bond donors (Lipinski definition) is 2. The number of aromatic nitrogens is 7. The molecule has 1 aliphatic carbocycles. The summed E-state index contributed by atoms with van der Waals surface area (Å²) in [5.74, 6) is -0.352. The normalized spacial score (nSPS) is 13.8. The van der Waals surface area contributed by atoms with E-state index in [2.05, 4.69) is 25.4 Å². The van der Waals surface area contributed by atoms with Gasteiger partial charge in [0.05, 0.1) is 23.6 Å². The number of anilines is 1. The third kappa shape index (κ3) is 5.29. The number of nitrogens with one attached hydrogen (secondary N) is 1. The number of hydrogen-bond acceptors (Lipinski definition) is 9. The van der Waals surface area contributed by atoms with Gasteiger partial charge in [0.25, 0.3) is 5.91 Å². The summed E-state index contributed by atoms with van der Waals surface area (Å²) in [6.07, 6.45) is 7.60. The van der Waals surface area contributed by atoms with Gasteiger partial charge in [-0.15, -0.1) is 0 Å². The highest BCUT2D eigenvalue weighted by Crippen LogP contribution is 2.45. The highest BCUT2D eigenvalue weighted by molar-refractivity contribution is 5.98. The lowest BCUT2D eigenvalue weighted by Crippen LogP contribution is -2.45. The standard InChI is InChI=1S/C30H31FN10O3/c1-39(29(43)40-18-33-16-37-40)13-12-30(10-3-11-30)41-27-24(26(32)35-17-36-27)25(38-41)20-6-4-19(5-7-20)15-34-28(42)22-14-21(31)8-9-23(22)44-2/h4-9,14,16-18H,3,10-13,15H2,1-2H3,(H,34,42)(H2,32,35,36). The van der Waals surface area contributed by atoms with Crippen molar-refractivity contribution in [2.24, 2.45) is 0 Å². The predicted octanol–water partition coefficient (Wildman–Crippen LogP) is 3.61. The van der Waals surface area contributed by atoms with E-state index in [1.54, 1.807) is 11.9 Å². The lowest BCUT2D eigenvalue weighted by Gasteiger charge is -2.43. The second-order valence-electron chi connectivity index (χ2n) is 10.8. The van der Waals surface area contributed by atoms with E-state index >= 15 is 0 Å². The minimum absolute atomic E-state index is 0.121. The smallest absolute Gasteiger partial charge is 0.345 e. The molecule has 5 aromatic rings. The fourth-order valence-corrected chi connectivity index (χ4v) is 5.53. The van der Waals surface area contributed by atoms with Gasteiger partial charge in [0.1, 0.15) is 42.1 Å². The van der Waals surface area contributed by atoms with Crippen molar-refractivity contribution in [1.29, 1.82) is 0 Å². The Labute approximate surface area is 251 Å². The second-order valence-corrected chi connectivity index (χ2v) is 10.8. The fourth-order valence-electron chi connectivity index (χ4n) is 5.53. The van der Waals surface area contributed by atoms with Gasteiger partial charge < -0.3 is 20.7 Å². The minimum atomic E-state index is -0.522. The Morgan fingerprint density at radius 2 is 1.93 bits per heavy atom. The van der Waals surface area contributed by atoms with Crippen molar-refractivity contribution in [3.05, 3.63) is 78.4 Å². The number of methoxy groups -OCH3 is 1. The van der Waals surface area contributed by atoms with Crippen molar-refractivity contribution in [3.8, 4) is 17.0 Å². The van der Waals surface area contributed by atoms with Crippen LogP contribution in [0.1, 0.15) is 41.6 Å². The van der Waals surface area contributed by atoms with Crippen molar-refractivity contribution in [3.63, 3.8) is 0 Å². The number of nitrogens with zero attached hydrogens (tertiary/aromatic N) is 8. The Morgan fingerprint density at radius 1 is 1.14 bits per heavy atom. The summed E-state index contributed by atoms with van der Waals surface area (Å²) < 4.78 is 22.1. The van der Waals surface area contributed by atoms with E-state index in [-0.39, 0.29) is 23.7 Å². The molecule has 44 heavy (non-hydrogen) atoms. The van der Waals surface area contributed by atoms with Gasteiger partial charge >= 0.3 is 6.03 Å². The summed E-state index contributed by atoms with van der Waals surface area (Å²) in [4.78, 5) is 39.7. The van der Waals surface area contributed by atoms with Crippen LogP contribution in [0.25, 0.3) is 22.3 Å². The maximum atomic E-state index is 13.7. The third-order valence-corrected chi connectivity index (χ3v) is 8.17. The van der Waals surface area contributed by atoms with E-state index < -0.39 is 11.7 Å². The molecule has 226 valence electrons. The molecule has 0 atom stereocenters. The molecule has 1 fully saturated rings. The van der Waals surface area contributed by atoms with E-state index in [0.717, 1.165) is 36.5 Å². The van der Waals surface area contributed by atoms with Crippen LogP contribution in [0.3, 0.4) is 0 Å². The summed E-state index contributed by atoms with van der Waals surface area (Å²) in [7, 11) is 3.17. The molecule has 0 bridgehead atoms. The number of amides is 2. The molecular weight excluding hydrogens is 567 g/mol. The zero-order valence-corrected chi connectivity index (χ0v) is 24.3. The highest BCUT2D eigenvalue weighted by Gasteiger charge is 2.42. The van der Waals surface area contributed by atoms with Crippen LogP contribution >= 0.6 is 0 Å². The number of halogens is 1. The number of carbonyl (C=O) groups excluding carboxylic acids is 2. The average Bonchev–Trinajstić information content (AvgIpc) is 3.69. The molecule has 3 aromatic heterocycles. The maximum Gasteiger partial charge on any atom is 0.345 e. The first kappa shape index (κ1) is 28.7. The Kier molecular flexibility index (Phi) is 7.64. The van der Waals surface area contributed by atoms with Gasteiger partial charge in [-0.3, -0.25) is 4.79 Å². The molecule has 0 saturated heterocycles. The zero-order valence-electron chi connectivity index (χ0n) is 24.3. The van der Waals surface area contributed by atoms with Crippen LogP contribution in [-0.4, -0.2) is 72.1 Å². The molecule has 2 amide bonds. The number of ether oxygens (including phenoxy) is 1. The number of nitrogen functional groups attached to an aromatic ring is 1. The molecule has 6 rings (SSSR count). The Bertz CT molecular complexity index is 1820. The molecular formula is C30H31FN10O3. The van der Waals surface area contributed by atoms with E-state index in [1.165, 1.54) is 42.9 Å². The maximum absolute atomic E-state index is 13.7. The molecule has 14 heteroatoms. The molecule has 2 aromatic carbocycles. The van der Waals surface area contributed by atoms with Crippen molar-refractivity contribution >= 4 is 28.8 Å². The molecule has 0 radical (unpaired) electrons. The number of carbonyl (C=O) groups is 2. The van der Waals surface area contributed by atoms with Crippen LogP contribution in [0.5, 0.6) is 5.75 Å². The summed E-state index contributed by atoms with van der Waals surface area (Å²) >= 11 is 0. The molecule has 3 N–H and O–H groups in total. The van der Waals surface area contributed by atoms with Crippen LogP contribution in [0.4, 0.5) is 15.0 Å². The lowest BCUT2D eigenvalue weighted by atomic mass is 9.74. The molecule has 0 spiro atoms. The van der Waals surface area contributed by atoms with Gasteiger partial charge in [-0.1, -0.05) is 24.3 Å². The quantitative estimate of drug-likeness (QED) is 0.258. The first-order valence-corrected chi connectivity index (χ1v) is 14.1. The van der Waals surface area contributed by atoms with E-state index in [9.17, 15) is 14.0 Å². The van der Waals surface area contributed by atoms with Crippen molar-refractivity contribution in [1.82, 2.24) is 44.7 Å². The first-order chi connectivity index (χ1) is 21.3. The fraction of sp³-hybridized carbons (Fsp3) is 0.300. The third-order valence-electron chi connectivity index (χ3n) is 8.17. The van der Waals surface area contributed by atoms with Crippen molar-refractivity contribution in [2.75, 3.05) is 26.4 Å². The monoisotopic (exact) mass is 598 g/mol. The summed E-state index contributed by atoms with van der Waals surface area (Å²) in [6.45, 7) is 0.709. The van der Waals surface area contributed by atoms with E-state index in [0.29, 0.717) is 41.3 Å². The SMILES string of the molecule is COc1ccc(F)cc1C(=O)NCc1ccc(-c2nn(C3(CCN(C)C(=O)n4cncn4)CCC3)c3ncnc(N)c23)cc1. The number of fused-ring (bicyclic) bond motifs is 1. The summed E-state index contributed by atoms with van der Waals surface area (Å²) in [5, 5.41) is 12.5. The number of nitrogens with two attached hydrogens (primary N) is 1. The highest BCUT2D eigenvalue weighted by atomic mass is 19.1. The van der Waals surface area contributed by atoms with Crippen LogP contribution < -0.4 is 15.8 Å². The average molecular weight is 599 g/mol. The Morgan fingerprint density at radius 3 is 2.61 bits per heavy atom. The van der Waals surface area contributed by atoms with Crippen molar-refractivity contribution in [2.45, 2.75) is 37.8 Å². The molecule has 0 aliphatic heterocycles. The Balaban J connectivity index is 1.23. The van der Waals surface area contributed by atoms with Crippen LogP contribution in [0.2, 0.25) is 0 Å². The van der Waals surface area contributed by atoms with E-state index in [4.69, 9.17) is 15.6 Å². The summed E-state index contributed by atoms with van der Waals surface area (Å²) in [5.41, 5.74) is 9.08. The second kappa shape index (κ2) is 11.7. The minimum Gasteiger partial charge on any atom is -0.496 e. The van der Waals surface area contributed by atoms with Crippen LogP contribution in [0, 0.1) is 5.82 Å². The number of benzene rings is 2. The van der Waals surface area contributed by atoms with Gasteiger partial charge in [0, 0.05) is 25.7 Å². The first-order valence-electron chi connectivity index (χ1n) is 14.1.